The molecule has 0 radical (unpaired) electrons. The first-order chi connectivity index (χ1) is 18.0. The molecule has 0 spiro atoms. The van der Waals surface area contributed by atoms with Crippen LogP contribution in [0.2, 0.25) is 0 Å². The second-order valence-electron chi connectivity index (χ2n) is 8.47. The smallest absolute Gasteiger partial charge is 0.264 e. The fourth-order valence-electron chi connectivity index (χ4n) is 4.03. The summed E-state index contributed by atoms with van der Waals surface area (Å²) in [6.45, 7) is 1.37. The zero-order valence-corrected chi connectivity index (χ0v) is 20.5. The Labute approximate surface area is 214 Å². The van der Waals surface area contributed by atoms with Crippen molar-refractivity contribution in [3.8, 4) is 11.3 Å². The third kappa shape index (κ3) is 5.86. The highest BCUT2D eigenvalue weighted by Crippen LogP contribution is 2.25. The van der Waals surface area contributed by atoms with Crippen LogP contribution in [0.4, 0.5) is 17.5 Å². The number of piperidine rings is 1. The molecule has 1 saturated heterocycles. The first-order valence-electron chi connectivity index (χ1n) is 11.7. The van der Waals surface area contributed by atoms with E-state index in [-0.39, 0.29) is 22.7 Å². The quantitative estimate of drug-likeness (QED) is 0.379. The number of carbonyl (C=O) groups is 1. The number of anilines is 3. The van der Waals surface area contributed by atoms with Crippen molar-refractivity contribution in [3.63, 3.8) is 0 Å². The third-order valence-electron chi connectivity index (χ3n) is 6.02. The molecule has 0 bridgehead atoms. The Morgan fingerprint density at radius 3 is 2.30 bits per heavy atom. The van der Waals surface area contributed by atoms with E-state index in [1.165, 1.54) is 24.5 Å². The lowest BCUT2D eigenvalue weighted by atomic mass is 9.96. The van der Waals surface area contributed by atoms with Crippen LogP contribution in [0.3, 0.4) is 0 Å². The fourth-order valence-corrected chi connectivity index (χ4v) is 4.98. The molecule has 37 heavy (non-hydrogen) atoms. The Balaban J connectivity index is 1.14. The van der Waals surface area contributed by atoms with Gasteiger partial charge in [0, 0.05) is 55.0 Å². The highest BCUT2D eigenvalue weighted by molar-refractivity contribution is 7.92. The Morgan fingerprint density at radius 2 is 1.65 bits per heavy atom. The van der Waals surface area contributed by atoms with E-state index >= 15 is 0 Å². The summed E-state index contributed by atoms with van der Waals surface area (Å²) in [5, 5.41) is 11.6. The molecule has 2 N–H and O–H groups in total. The van der Waals surface area contributed by atoms with Crippen molar-refractivity contribution in [2.45, 2.75) is 17.7 Å². The zero-order valence-electron chi connectivity index (χ0n) is 19.7. The van der Waals surface area contributed by atoms with Crippen LogP contribution >= 0.6 is 0 Å². The van der Waals surface area contributed by atoms with E-state index in [4.69, 9.17) is 0 Å². The average molecular weight is 517 g/mol. The summed E-state index contributed by atoms with van der Waals surface area (Å²) in [7, 11) is -3.84. The number of rotatable bonds is 7. The lowest BCUT2D eigenvalue weighted by molar-refractivity contribution is -0.120. The predicted molar refractivity (Wildman–Crippen MR) is 138 cm³/mol. The molecular weight excluding hydrogens is 492 g/mol. The molecule has 1 amide bonds. The van der Waals surface area contributed by atoms with Gasteiger partial charge in [0.25, 0.3) is 10.0 Å². The van der Waals surface area contributed by atoms with Crippen molar-refractivity contribution in [3.05, 3.63) is 79.4 Å². The average Bonchev–Trinajstić information content (AvgIpc) is 2.94. The Morgan fingerprint density at radius 1 is 0.892 bits per heavy atom. The second kappa shape index (κ2) is 10.7. The SMILES string of the molecule is O=C(Nc1ccc(S(=O)(=O)Nc2ncccn2)cc1)C1CCN(c2ccc(-c3cccnc3)nn2)CC1. The van der Waals surface area contributed by atoms with Gasteiger partial charge in [-0.15, -0.1) is 10.2 Å². The number of amides is 1. The molecule has 0 unspecified atom stereocenters. The number of nitrogens with zero attached hydrogens (tertiary/aromatic N) is 6. The second-order valence-corrected chi connectivity index (χ2v) is 10.2. The van der Waals surface area contributed by atoms with Gasteiger partial charge in [0.05, 0.1) is 10.6 Å². The molecule has 3 aromatic heterocycles. The predicted octanol–water partition coefficient (Wildman–Crippen LogP) is 2.98. The van der Waals surface area contributed by atoms with Crippen molar-refractivity contribution in [1.29, 1.82) is 0 Å². The minimum atomic E-state index is -3.84. The number of sulfonamides is 1. The van der Waals surface area contributed by atoms with Crippen LogP contribution in [-0.4, -0.2) is 52.6 Å². The molecule has 4 aromatic rings. The highest BCUT2D eigenvalue weighted by Gasteiger charge is 2.26. The number of pyridine rings is 1. The summed E-state index contributed by atoms with van der Waals surface area (Å²) in [5.74, 6) is 0.516. The van der Waals surface area contributed by atoms with Gasteiger partial charge < -0.3 is 10.2 Å². The van der Waals surface area contributed by atoms with Gasteiger partial charge in [-0.05, 0) is 67.4 Å². The highest BCUT2D eigenvalue weighted by atomic mass is 32.2. The topological polar surface area (TPSA) is 143 Å². The maximum absolute atomic E-state index is 12.8. The van der Waals surface area contributed by atoms with Crippen molar-refractivity contribution in [1.82, 2.24) is 25.1 Å². The summed E-state index contributed by atoms with van der Waals surface area (Å²) < 4.78 is 27.4. The number of hydrogen-bond donors (Lipinski definition) is 2. The van der Waals surface area contributed by atoms with Crippen LogP contribution in [0.25, 0.3) is 11.3 Å². The van der Waals surface area contributed by atoms with E-state index < -0.39 is 10.0 Å². The van der Waals surface area contributed by atoms with Gasteiger partial charge in [0.2, 0.25) is 11.9 Å². The number of nitrogens with one attached hydrogen (secondary N) is 2. The molecule has 1 aromatic carbocycles. The minimum absolute atomic E-state index is 0.0124. The number of benzene rings is 1. The molecule has 1 fully saturated rings. The van der Waals surface area contributed by atoms with Gasteiger partial charge in [-0.2, -0.15) is 0 Å². The van der Waals surface area contributed by atoms with Crippen molar-refractivity contribution < 1.29 is 13.2 Å². The van der Waals surface area contributed by atoms with Gasteiger partial charge in [0.1, 0.15) is 0 Å². The normalized spacial score (nSPS) is 14.2. The number of carbonyl (C=O) groups excluding carboxylic acids is 1. The largest absolute Gasteiger partial charge is 0.355 e. The van der Waals surface area contributed by atoms with Gasteiger partial charge >= 0.3 is 0 Å². The fraction of sp³-hybridized carbons (Fsp3) is 0.200. The first-order valence-corrected chi connectivity index (χ1v) is 13.2. The first kappa shape index (κ1) is 24.3. The van der Waals surface area contributed by atoms with Gasteiger partial charge in [-0.25, -0.2) is 23.1 Å². The van der Waals surface area contributed by atoms with Crippen molar-refractivity contribution in [2.24, 2.45) is 5.92 Å². The molecule has 188 valence electrons. The molecule has 0 atom stereocenters. The molecule has 12 heteroatoms. The molecule has 5 rings (SSSR count). The van der Waals surface area contributed by atoms with E-state index in [1.54, 1.807) is 30.6 Å². The summed E-state index contributed by atoms with van der Waals surface area (Å²) in [6, 6.07) is 15.2. The van der Waals surface area contributed by atoms with Crippen LogP contribution in [-0.2, 0) is 14.8 Å². The van der Waals surface area contributed by atoms with Crippen molar-refractivity contribution in [2.75, 3.05) is 28.0 Å². The Hall–Kier alpha value is -4.45. The molecule has 4 heterocycles. The Kier molecular flexibility index (Phi) is 6.99. The Bertz CT molecular complexity index is 1440. The maximum Gasteiger partial charge on any atom is 0.264 e. The van der Waals surface area contributed by atoms with Crippen molar-refractivity contribution >= 4 is 33.4 Å². The molecular formula is C25H24N8O3S. The van der Waals surface area contributed by atoms with Crippen LogP contribution in [0.1, 0.15) is 12.8 Å². The summed E-state index contributed by atoms with van der Waals surface area (Å²) in [5.41, 5.74) is 2.19. The van der Waals surface area contributed by atoms with Crippen LogP contribution in [0, 0.1) is 5.92 Å². The van der Waals surface area contributed by atoms with E-state index in [0.717, 1.165) is 17.1 Å². The molecule has 0 saturated carbocycles. The van der Waals surface area contributed by atoms with Crippen LogP contribution in [0.5, 0.6) is 0 Å². The van der Waals surface area contributed by atoms with Crippen LogP contribution < -0.4 is 14.9 Å². The minimum Gasteiger partial charge on any atom is -0.355 e. The van der Waals surface area contributed by atoms with Gasteiger partial charge in [-0.3, -0.25) is 9.78 Å². The summed E-state index contributed by atoms with van der Waals surface area (Å²) in [4.78, 5) is 26.8. The summed E-state index contributed by atoms with van der Waals surface area (Å²) in [6.07, 6.45) is 7.70. The van der Waals surface area contributed by atoms with E-state index in [2.05, 4.69) is 40.1 Å². The number of hydrogen-bond acceptors (Lipinski definition) is 9. The lowest BCUT2D eigenvalue weighted by Crippen LogP contribution is -2.38. The van der Waals surface area contributed by atoms with E-state index in [9.17, 15) is 13.2 Å². The monoisotopic (exact) mass is 516 g/mol. The number of aromatic nitrogens is 5. The third-order valence-corrected chi connectivity index (χ3v) is 7.37. The molecule has 1 aliphatic heterocycles. The van der Waals surface area contributed by atoms with Crippen LogP contribution in [0.15, 0.2) is 84.3 Å². The molecule has 0 aliphatic carbocycles. The van der Waals surface area contributed by atoms with Gasteiger partial charge in [0.15, 0.2) is 5.82 Å². The lowest BCUT2D eigenvalue weighted by Gasteiger charge is -2.31. The standard InChI is InChI=1S/C25H24N8O3S/c34-24(29-20-4-6-21(7-5-20)37(35,36)32-25-27-13-2-14-28-25)18-10-15-33(16-11-18)23-9-8-22(30-31-23)19-3-1-12-26-17-19/h1-9,12-14,17-18H,10-11,15-16H2,(H,29,34)(H,27,28,32). The zero-order chi connectivity index (χ0) is 25.7. The molecule has 11 nitrogen and oxygen atoms in total. The maximum atomic E-state index is 12.8. The summed E-state index contributed by atoms with van der Waals surface area (Å²) >= 11 is 0. The van der Waals surface area contributed by atoms with E-state index in [1.807, 2.05) is 24.3 Å². The van der Waals surface area contributed by atoms with Gasteiger partial charge in [-0.1, -0.05) is 0 Å². The molecule has 1 aliphatic rings. The van der Waals surface area contributed by atoms with E-state index in [0.29, 0.717) is 31.6 Å².